The summed E-state index contributed by atoms with van der Waals surface area (Å²) in [6.07, 6.45) is -4.82. The highest BCUT2D eigenvalue weighted by Crippen LogP contribution is 2.33. The van der Waals surface area contributed by atoms with Crippen molar-refractivity contribution in [2.45, 2.75) is 25.1 Å². The molecule has 42 heavy (non-hydrogen) atoms. The molecule has 10 nitrogen and oxygen atoms in total. The number of para-hydroxylation sites is 1. The number of nitrogens with one attached hydrogen (secondary N) is 2. The number of hydrogen-bond donors (Lipinski definition) is 2. The summed E-state index contributed by atoms with van der Waals surface area (Å²) in [5, 5.41) is 13.0. The Kier molecular flexibility index (Phi) is 8.22. The molecule has 2 atom stereocenters. The van der Waals surface area contributed by atoms with Crippen molar-refractivity contribution in [3.63, 3.8) is 0 Å². The first kappa shape index (κ1) is 29.1. The molecule has 1 fully saturated rings. The molecular weight excluding hydrogens is 565 g/mol. The molecule has 0 unspecified atom stereocenters. The zero-order chi connectivity index (χ0) is 30.0. The Bertz CT molecular complexity index is 1560. The molecule has 0 saturated carbocycles. The molecule has 5 rings (SSSR count). The number of ether oxygens (including phenoxy) is 1. The molecular formula is C27H26F5N7O3. The highest BCUT2D eigenvalue weighted by atomic mass is 19.4. The molecule has 0 bridgehead atoms. The maximum Gasteiger partial charge on any atom is 0.455 e. The lowest BCUT2D eigenvalue weighted by atomic mass is 9.94. The molecule has 0 spiro atoms. The molecule has 1 aliphatic rings. The first-order valence-electron chi connectivity index (χ1n) is 12.8. The second-order valence-corrected chi connectivity index (χ2v) is 9.73. The van der Waals surface area contributed by atoms with Gasteiger partial charge in [-0.2, -0.15) is 23.3 Å². The number of benzene rings is 2. The molecule has 222 valence electrons. The van der Waals surface area contributed by atoms with Crippen LogP contribution in [-0.4, -0.2) is 70.2 Å². The lowest BCUT2D eigenvalue weighted by Gasteiger charge is -2.21. The number of hydrogen-bond acceptors (Lipinski definition) is 7. The van der Waals surface area contributed by atoms with E-state index in [4.69, 9.17) is 9.26 Å². The van der Waals surface area contributed by atoms with E-state index >= 15 is 0 Å². The second-order valence-electron chi connectivity index (χ2n) is 9.73. The van der Waals surface area contributed by atoms with Crippen LogP contribution in [0.1, 0.15) is 22.9 Å². The first-order valence-corrected chi connectivity index (χ1v) is 12.8. The molecule has 2 aromatic carbocycles. The second kappa shape index (κ2) is 11.9. The van der Waals surface area contributed by atoms with E-state index in [1.165, 1.54) is 10.7 Å². The molecule has 2 N–H and O–H groups in total. The number of carbonyl (C=O) groups is 1. The number of methoxy groups -OCH3 is 1. The summed E-state index contributed by atoms with van der Waals surface area (Å²) in [6.45, 7) is 3.41. The number of alkyl halides is 3. The van der Waals surface area contributed by atoms with Gasteiger partial charge >= 0.3 is 12.2 Å². The van der Waals surface area contributed by atoms with Crippen LogP contribution >= 0.6 is 0 Å². The van der Waals surface area contributed by atoms with Crippen LogP contribution in [0.5, 0.6) is 0 Å². The fourth-order valence-corrected chi connectivity index (χ4v) is 4.86. The Hall–Kier alpha value is -4.37. The van der Waals surface area contributed by atoms with Crippen molar-refractivity contribution < 1.29 is 36.0 Å². The zero-order valence-corrected chi connectivity index (χ0v) is 22.5. The Morgan fingerprint density at radius 2 is 1.88 bits per heavy atom. The minimum absolute atomic E-state index is 0.0524. The quantitative estimate of drug-likeness (QED) is 0.284. The van der Waals surface area contributed by atoms with E-state index in [2.05, 4.69) is 25.9 Å². The number of amides is 2. The van der Waals surface area contributed by atoms with Gasteiger partial charge in [-0.1, -0.05) is 29.4 Å². The number of carbonyl (C=O) groups excluding carboxylic acids is 1. The van der Waals surface area contributed by atoms with Gasteiger partial charge < -0.3 is 14.6 Å². The number of urea groups is 1. The van der Waals surface area contributed by atoms with Crippen LogP contribution in [0.25, 0.3) is 17.3 Å². The van der Waals surface area contributed by atoms with E-state index in [-0.39, 0.29) is 23.0 Å². The predicted octanol–water partition coefficient (Wildman–Crippen LogP) is 4.76. The summed E-state index contributed by atoms with van der Waals surface area (Å²) in [4.78, 5) is 18.8. The van der Waals surface area contributed by atoms with Gasteiger partial charge in [0, 0.05) is 38.2 Å². The SMILES string of the molecule is COCCN1C[C@@H](NC(=O)Nc2c(C)c(-c3nc(C(F)(F)F)no3)nn2-c2ccccc2)[C@H](c2ccc(F)c(F)c2)C1. The van der Waals surface area contributed by atoms with Gasteiger partial charge in [-0.05, 0) is 36.8 Å². The third-order valence-corrected chi connectivity index (χ3v) is 6.93. The van der Waals surface area contributed by atoms with Crippen LogP contribution in [0.15, 0.2) is 53.1 Å². The van der Waals surface area contributed by atoms with Crippen molar-refractivity contribution in [2.24, 2.45) is 0 Å². The van der Waals surface area contributed by atoms with Gasteiger partial charge in [-0.3, -0.25) is 10.2 Å². The van der Waals surface area contributed by atoms with Gasteiger partial charge in [0.1, 0.15) is 5.82 Å². The maximum atomic E-state index is 14.1. The fraction of sp³-hybridized carbons (Fsp3) is 0.333. The number of nitrogens with zero attached hydrogens (tertiary/aromatic N) is 5. The summed E-state index contributed by atoms with van der Waals surface area (Å²) >= 11 is 0. The number of aromatic nitrogens is 4. The highest BCUT2D eigenvalue weighted by molar-refractivity contribution is 5.91. The van der Waals surface area contributed by atoms with Gasteiger partial charge in [0.25, 0.3) is 11.7 Å². The topological polar surface area (TPSA) is 110 Å². The van der Waals surface area contributed by atoms with E-state index < -0.39 is 41.6 Å². The van der Waals surface area contributed by atoms with E-state index in [0.29, 0.717) is 37.5 Å². The van der Waals surface area contributed by atoms with E-state index in [0.717, 1.165) is 12.1 Å². The van der Waals surface area contributed by atoms with Gasteiger partial charge in [0.05, 0.1) is 18.3 Å². The monoisotopic (exact) mass is 591 g/mol. The smallest absolute Gasteiger partial charge is 0.383 e. The van der Waals surface area contributed by atoms with Gasteiger partial charge in [0.15, 0.2) is 17.3 Å². The van der Waals surface area contributed by atoms with Crippen LogP contribution in [0.2, 0.25) is 0 Å². The molecule has 2 amide bonds. The van der Waals surface area contributed by atoms with Crippen LogP contribution < -0.4 is 10.6 Å². The van der Waals surface area contributed by atoms with Crippen molar-refractivity contribution in [3.8, 4) is 17.3 Å². The molecule has 0 radical (unpaired) electrons. The van der Waals surface area contributed by atoms with Crippen molar-refractivity contribution in [2.75, 3.05) is 38.7 Å². The maximum absolute atomic E-state index is 14.1. The normalized spacial score (nSPS) is 17.5. The third-order valence-electron chi connectivity index (χ3n) is 6.93. The van der Waals surface area contributed by atoms with Crippen LogP contribution in [0.4, 0.5) is 32.6 Å². The average molecular weight is 592 g/mol. The van der Waals surface area contributed by atoms with Crippen molar-refractivity contribution in [1.29, 1.82) is 0 Å². The molecule has 0 aliphatic carbocycles. The van der Waals surface area contributed by atoms with Gasteiger partial charge in [0.2, 0.25) is 0 Å². The van der Waals surface area contributed by atoms with E-state index in [9.17, 15) is 26.7 Å². The Morgan fingerprint density at radius 3 is 2.55 bits per heavy atom. The first-order chi connectivity index (χ1) is 20.0. The van der Waals surface area contributed by atoms with E-state index in [1.54, 1.807) is 44.4 Å². The standard InChI is InChI=1S/C27H26F5N7O3/c1-15-22(24-35-25(37-42-24)27(30,31)32)36-39(17-6-4-3-5-7-17)23(15)34-26(40)33-21-14-38(10-11-41-2)13-18(21)16-8-9-19(28)20(29)12-16/h3-9,12,18,21H,10-11,13-14H2,1-2H3,(H2,33,34,40)/t18-,21+/m0/s1. The number of likely N-dealkylation sites (tertiary alicyclic amines) is 1. The minimum Gasteiger partial charge on any atom is -0.383 e. The van der Waals surface area contributed by atoms with Crippen molar-refractivity contribution in [1.82, 2.24) is 30.1 Å². The molecule has 15 heteroatoms. The molecule has 2 aromatic heterocycles. The zero-order valence-electron chi connectivity index (χ0n) is 22.5. The van der Waals surface area contributed by atoms with Gasteiger partial charge in [-0.25, -0.2) is 18.3 Å². The lowest BCUT2D eigenvalue weighted by molar-refractivity contribution is -0.146. The summed E-state index contributed by atoms with van der Waals surface area (Å²) in [5.41, 5.74) is 1.24. The third kappa shape index (κ3) is 6.11. The van der Waals surface area contributed by atoms with Crippen LogP contribution in [0.3, 0.4) is 0 Å². The van der Waals surface area contributed by atoms with E-state index in [1.807, 2.05) is 4.90 Å². The summed E-state index contributed by atoms with van der Waals surface area (Å²) < 4.78 is 78.3. The molecule has 4 aromatic rings. The Morgan fingerprint density at radius 1 is 1.12 bits per heavy atom. The Balaban J connectivity index is 1.43. The van der Waals surface area contributed by atoms with Crippen LogP contribution in [-0.2, 0) is 10.9 Å². The summed E-state index contributed by atoms with van der Waals surface area (Å²) in [5.74, 6) is -4.10. The lowest BCUT2D eigenvalue weighted by Crippen LogP contribution is -2.42. The minimum atomic E-state index is -4.82. The van der Waals surface area contributed by atoms with Gasteiger partial charge in [-0.15, -0.1) is 0 Å². The molecule has 1 saturated heterocycles. The largest absolute Gasteiger partial charge is 0.455 e. The predicted molar refractivity (Wildman–Crippen MR) is 140 cm³/mol. The molecule has 1 aliphatic heterocycles. The molecule has 3 heterocycles. The number of halogens is 5. The number of anilines is 1. The average Bonchev–Trinajstić information content (AvgIpc) is 3.68. The van der Waals surface area contributed by atoms with Crippen molar-refractivity contribution in [3.05, 3.63) is 77.1 Å². The number of rotatable bonds is 8. The fourth-order valence-electron chi connectivity index (χ4n) is 4.86. The summed E-state index contributed by atoms with van der Waals surface area (Å²) in [6, 6.07) is 11.1. The van der Waals surface area contributed by atoms with Crippen LogP contribution in [0, 0.1) is 18.6 Å². The highest BCUT2D eigenvalue weighted by Gasteiger charge is 2.38. The summed E-state index contributed by atoms with van der Waals surface area (Å²) in [7, 11) is 1.57. The van der Waals surface area contributed by atoms with Crippen molar-refractivity contribution >= 4 is 11.8 Å². The Labute approximate surface area is 236 Å².